The van der Waals surface area contributed by atoms with Crippen molar-refractivity contribution in [3.63, 3.8) is 0 Å². The van der Waals surface area contributed by atoms with Crippen LogP contribution in [-0.4, -0.2) is 22.0 Å². The molecule has 0 amide bonds. The fraction of sp³-hybridized carbons (Fsp3) is 0.571. The number of benzene rings is 1. The van der Waals surface area contributed by atoms with Gasteiger partial charge in [0.2, 0.25) is 0 Å². The first kappa shape index (κ1) is 14.1. The Labute approximate surface area is 119 Å². The van der Waals surface area contributed by atoms with Crippen molar-refractivity contribution in [1.82, 2.24) is 0 Å². The van der Waals surface area contributed by atoms with Crippen molar-refractivity contribution in [2.45, 2.75) is 48.1 Å². The fourth-order valence-electron chi connectivity index (χ4n) is 3.14. The molecule has 2 bridgehead atoms. The number of hydrogen-bond donors (Lipinski definition) is 1. The Morgan fingerprint density at radius 1 is 1.20 bits per heavy atom. The predicted molar refractivity (Wildman–Crippen MR) is 70.7 cm³/mol. The van der Waals surface area contributed by atoms with E-state index >= 15 is 0 Å². The van der Waals surface area contributed by atoms with Crippen molar-refractivity contribution < 1.29 is 23.0 Å². The lowest BCUT2D eigenvalue weighted by Gasteiger charge is -2.36. The van der Waals surface area contributed by atoms with Crippen molar-refractivity contribution in [2.75, 3.05) is 0 Å². The molecule has 0 aromatic heterocycles. The van der Waals surface area contributed by atoms with Crippen LogP contribution in [0.15, 0.2) is 24.3 Å². The average Bonchev–Trinajstić information content (AvgIpc) is 2.67. The smallest absolute Gasteiger partial charge is 0.406 e. The van der Waals surface area contributed by atoms with Crippen LogP contribution in [0.1, 0.15) is 31.2 Å². The summed E-state index contributed by atoms with van der Waals surface area (Å²) in [5.74, 6) is -0.269. The third-order valence-corrected chi connectivity index (χ3v) is 5.51. The molecule has 2 atom stereocenters. The second kappa shape index (κ2) is 4.84. The maximum Gasteiger partial charge on any atom is 0.573 e. The predicted octanol–water partition coefficient (Wildman–Crippen LogP) is 3.83. The van der Waals surface area contributed by atoms with Gasteiger partial charge in [-0.15, -0.1) is 13.2 Å². The first-order valence-corrected chi connectivity index (χ1v) is 7.52. The van der Waals surface area contributed by atoms with Crippen LogP contribution in [0.5, 0.6) is 5.75 Å². The van der Waals surface area contributed by atoms with E-state index in [1.165, 1.54) is 18.2 Å². The highest BCUT2D eigenvalue weighted by Crippen LogP contribution is 2.51. The van der Waals surface area contributed by atoms with E-state index in [0.717, 1.165) is 12.8 Å². The van der Waals surface area contributed by atoms with Crippen LogP contribution < -0.4 is 4.74 Å². The lowest BCUT2D eigenvalue weighted by atomic mass is 9.86. The first-order chi connectivity index (χ1) is 9.34. The minimum absolute atomic E-state index is 0.269. The molecule has 3 rings (SSSR count). The molecule has 2 aliphatic heterocycles. The van der Waals surface area contributed by atoms with Gasteiger partial charge in [0.1, 0.15) is 5.75 Å². The highest BCUT2D eigenvalue weighted by Gasteiger charge is 2.44. The number of halogens is 3. The van der Waals surface area contributed by atoms with Gasteiger partial charge in [-0.05, 0) is 43.4 Å². The van der Waals surface area contributed by atoms with Gasteiger partial charge in [0, 0.05) is 10.5 Å². The molecule has 6 heteroatoms. The number of alkyl halides is 3. The van der Waals surface area contributed by atoms with Crippen LogP contribution in [0.4, 0.5) is 13.2 Å². The van der Waals surface area contributed by atoms with Gasteiger partial charge in [0.25, 0.3) is 0 Å². The molecule has 0 spiro atoms. The molecular weight excluding hydrogens is 289 g/mol. The third kappa shape index (κ3) is 2.91. The quantitative estimate of drug-likeness (QED) is 0.900. The number of hydrogen-bond acceptors (Lipinski definition) is 3. The Morgan fingerprint density at radius 2 is 1.85 bits per heavy atom. The maximum absolute atomic E-state index is 12.3. The standard InChI is InChI=1S/C14H15F3O2S/c15-14(16,17)19-10-3-1-2-9(6-10)13(18)7-11-4-5-12(8-13)20-11/h1-3,6,11-12,18H,4-5,7-8H2. The third-order valence-electron chi connectivity index (χ3n) is 3.93. The monoisotopic (exact) mass is 304 g/mol. The van der Waals surface area contributed by atoms with Crippen LogP contribution in [0.3, 0.4) is 0 Å². The molecule has 0 aliphatic carbocycles. The van der Waals surface area contributed by atoms with Crippen LogP contribution in [-0.2, 0) is 5.60 Å². The molecule has 2 fully saturated rings. The molecular formula is C14H15F3O2S. The van der Waals surface area contributed by atoms with Gasteiger partial charge in [-0.25, -0.2) is 0 Å². The molecule has 1 aromatic rings. The van der Waals surface area contributed by atoms with E-state index in [1.807, 2.05) is 11.8 Å². The summed E-state index contributed by atoms with van der Waals surface area (Å²) in [5, 5.41) is 11.6. The molecule has 0 radical (unpaired) electrons. The lowest BCUT2D eigenvalue weighted by Crippen LogP contribution is -2.34. The summed E-state index contributed by atoms with van der Waals surface area (Å²) >= 11 is 1.89. The van der Waals surface area contributed by atoms with Gasteiger partial charge in [0.05, 0.1) is 5.60 Å². The second-order valence-electron chi connectivity index (χ2n) is 5.47. The zero-order valence-electron chi connectivity index (χ0n) is 10.7. The average molecular weight is 304 g/mol. The van der Waals surface area contributed by atoms with Crippen LogP contribution in [0.2, 0.25) is 0 Å². The zero-order chi connectivity index (χ0) is 14.4. The minimum atomic E-state index is -4.71. The lowest BCUT2D eigenvalue weighted by molar-refractivity contribution is -0.274. The summed E-state index contributed by atoms with van der Waals surface area (Å²) in [4.78, 5) is 0. The molecule has 110 valence electrons. The summed E-state index contributed by atoms with van der Waals surface area (Å²) in [5.41, 5.74) is -0.501. The molecule has 2 unspecified atom stereocenters. The summed E-state index contributed by atoms with van der Waals surface area (Å²) in [6, 6.07) is 5.74. The van der Waals surface area contributed by atoms with E-state index in [0.29, 0.717) is 28.9 Å². The summed E-state index contributed by atoms with van der Waals surface area (Å²) in [6.07, 6.45) is -1.34. The van der Waals surface area contributed by atoms with Gasteiger partial charge in [-0.3, -0.25) is 0 Å². The van der Waals surface area contributed by atoms with Crippen molar-refractivity contribution in [1.29, 1.82) is 0 Å². The Bertz CT molecular complexity index is 491. The van der Waals surface area contributed by atoms with Gasteiger partial charge in [0.15, 0.2) is 0 Å². The topological polar surface area (TPSA) is 29.5 Å². The molecule has 2 heterocycles. The summed E-state index contributed by atoms with van der Waals surface area (Å²) in [6.45, 7) is 0. The van der Waals surface area contributed by atoms with Gasteiger partial charge in [-0.2, -0.15) is 11.8 Å². The summed E-state index contributed by atoms with van der Waals surface area (Å²) in [7, 11) is 0. The SMILES string of the molecule is OC1(c2cccc(OC(F)(F)F)c2)CC2CCC(C1)S2. The van der Waals surface area contributed by atoms with Gasteiger partial charge < -0.3 is 9.84 Å². The number of aliphatic hydroxyl groups is 1. The molecule has 2 nitrogen and oxygen atoms in total. The van der Waals surface area contributed by atoms with Crippen molar-refractivity contribution in [3.8, 4) is 5.75 Å². The largest absolute Gasteiger partial charge is 0.573 e. The van der Waals surface area contributed by atoms with E-state index in [2.05, 4.69) is 4.74 Å². The zero-order valence-corrected chi connectivity index (χ0v) is 11.5. The van der Waals surface area contributed by atoms with Gasteiger partial charge in [-0.1, -0.05) is 12.1 Å². The molecule has 2 aliphatic rings. The second-order valence-corrected chi connectivity index (χ2v) is 7.08. The van der Waals surface area contributed by atoms with E-state index in [9.17, 15) is 18.3 Å². The maximum atomic E-state index is 12.3. The molecule has 1 aromatic carbocycles. The molecule has 1 N–H and O–H groups in total. The molecule has 2 saturated heterocycles. The van der Waals surface area contributed by atoms with Crippen molar-refractivity contribution in [3.05, 3.63) is 29.8 Å². The van der Waals surface area contributed by atoms with E-state index in [4.69, 9.17) is 0 Å². The molecule has 0 saturated carbocycles. The number of rotatable bonds is 2. The first-order valence-electron chi connectivity index (χ1n) is 6.58. The normalized spacial score (nSPS) is 33.2. The number of ether oxygens (including phenoxy) is 1. The Kier molecular flexibility index (Phi) is 3.41. The van der Waals surface area contributed by atoms with E-state index < -0.39 is 12.0 Å². The van der Waals surface area contributed by atoms with Gasteiger partial charge >= 0.3 is 6.36 Å². The number of fused-ring (bicyclic) bond motifs is 2. The number of thioether (sulfide) groups is 1. The Hall–Kier alpha value is -0.880. The highest BCUT2D eigenvalue weighted by molar-refractivity contribution is 8.00. The minimum Gasteiger partial charge on any atom is -0.406 e. The van der Waals surface area contributed by atoms with Crippen LogP contribution in [0, 0.1) is 0 Å². The van der Waals surface area contributed by atoms with Crippen molar-refractivity contribution >= 4 is 11.8 Å². The summed E-state index contributed by atoms with van der Waals surface area (Å²) < 4.78 is 40.7. The molecule has 20 heavy (non-hydrogen) atoms. The highest BCUT2D eigenvalue weighted by atomic mass is 32.2. The van der Waals surface area contributed by atoms with Crippen molar-refractivity contribution in [2.24, 2.45) is 0 Å². The van der Waals surface area contributed by atoms with Crippen LogP contribution in [0.25, 0.3) is 0 Å². The van der Waals surface area contributed by atoms with E-state index in [1.54, 1.807) is 6.07 Å². The van der Waals surface area contributed by atoms with Crippen LogP contribution >= 0.6 is 11.8 Å². The Morgan fingerprint density at radius 3 is 2.45 bits per heavy atom. The Balaban J connectivity index is 1.84. The van der Waals surface area contributed by atoms with E-state index in [-0.39, 0.29) is 5.75 Å². The fourth-order valence-corrected chi connectivity index (χ4v) is 4.97.